The molecule has 15 rings (SSSR count). The van der Waals surface area contributed by atoms with Crippen molar-refractivity contribution in [3.8, 4) is 73.2 Å². The number of para-hydroxylation sites is 2. The fourth-order valence-corrected chi connectivity index (χ4v) is 11.7. The maximum absolute atomic E-state index is 6.69. The number of hydrogen-bond donors (Lipinski definition) is 0. The van der Waals surface area contributed by atoms with E-state index in [1.807, 2.05) is 24.3 Å². The SMILES string of the molecule is c1ccc(-c2nc(-c3cccc(-n4c5ccccc5c5cc6c(cc54)C4(c5ccccc5-c5ccccc54)c4ccccc4-6)c3)nc(-c3ccc4c(c3)oc3c(-c5ccccc5)cccc34)n2)cc1. The second kappa shape index (κ2) is 14.4. The Morgan fingerprint density at radius 2 is 0.855 bits per heavy atom. The zero-order valence-corrected chi connectivity index (χ0v) is 37.1. The van der Waals surface area contributed by atoms with E-state index >= 15 is 0 Å². The van der Waals surface area contributed by atoms with Gasteiger partial charge in [0.2, 0.25) is 0 Å². The van der Waals surface area contributed by atoms with Crippen molar-refractivity contribution in [1.29, 1.82) is 0 Å². The zero-order chi connectivity index (χ0) is 45.2. The Labute approximate surface area is 397 Å². The Morgan fingerprint density at radius 3 is 1.57 bits per heavy atom. The van der Waals surface area contributed by atoms with Gasteiger partial charge in [0, 0.05) is 49.5 Å². The second-order valence-electron chi connectivity index (χ2n) is 18.2. The van der Waals surface area contributed by atoms with Crippen LogP contribution in [0.5, 0.6) is 0 Å². The average molecular weight is 879 g/mol. The van der Waals surface area contributed by atoms with E-state index in [4.69, 9.17) is 19.4 Å². The van der Waals surface area contributed by atoms with Gasteiger partial charge in [0.25, 0.3) is 0 Å². The molecule has 0 bridgehead atoms. The molecule has 320 valence electrons. The minimum Gasteiger partial charge on any atom is -0.455 e. The smallest absolute Gasteiger partial charge is 0.164 e. The highest BCUT2D eigenvalue weighted by atomic mass is 16.3. The molecule has 0 unspecified atom stereocenters. The third-order valence-electron chi connectivity index (χ3n) is 14.7. The summed E-state index contributed by atoms with van der Waals surface area (Å²) >= 11 is 0. The van der Waals surface area contributed by atoms with Crippen LogP contribution in [0, 0.1) is 0 Å². The van der Waals surface area contributed by atoms with Crippen molar-refractivity contribution in [3.05, 3.63) is 253 Å². The number of nitrogens with zero attached hydrogens (tertiary/aromatic N) is 4. The van der Waals surface area contributed by atoms with Crippen molar-refractivity contribution in [1.82, 2.24) is 19.5 Å². The van der Waals surface area contributed by atoms with Gasteiger partial charge in [-0.3, -0.25) is 0 Å². The van der Waals surface area contributed by atoms with Gasteiger partial charge in [-0.2, -0.15) is 0 Å². The Hall–Kier alpha value is -9.19. The summed E-state index contributed by atoms with van der Waals surface area (Å²) in [5.74, 6) is 1.77. The first kappa shape index (κ1) is 38.0. The topological polar surface area (TPSA) is 56.7 Å². The zero-order valence-electron chi connectivity index (χ0n) is 37.1. The van der Waals surface area contributed by atoms with Gasteiger partial charge >= 0.3 is 0 Å². The Kier molecular flexibility index (Phi) is 7.93. The maximum Gasteiger partial charge on any atom is 0.164 e. The van der Waals surface area contributed by atoms with E-state index in [1.54, 1.807) is 0 Å². The third-order valence-corrected chi connectivity index (χ3v) is 14.7. The minimum atomic E-state index is -0.457. The van der Waals surface area contributed by atoms with Gasteiger partial charge in [-0.15, -0.1) is 0 Å². The fourth-order valence-electron chi connectivity index (χ4n) is 11.7. The fraction of sp³-hybridized carbons (Fsp3) is 0.0156. The van der Waals surface area contributed by atoms with Crippen LogP contribution in [0.15, 0.2) is 235 Å². The molecule has 0 fully saturated rings. The first-order valence-electron chi connectivity index (χ1n) is 23.5. The van der Waals surface area contributed by atoms with Crippen molar-refractivity contribution >= 4 is 43.7 Å². The summed E-state index contributed by atoms with van der Waals surface area (Å²) in [5, 5.41) is 4.54. The summed E-state index contributed by atoms with van der Waals surface area (Å²) in [6, 6.07) is 82.6. The second-order valence-corrected chi connectivity index (χ2v) is 18.2. The van der Waals surface area contributed by atoms with Crippen LogP contribution in [-0.4, -0.2) is 19.5 Å². The van der Waals surface area contributed by atoms with E-state index in [1.165, 1.54) is 55.3 Å². The van der Waals surface area contributed by atoms with Crippen LogP contribution in [0.2, 0.25) is 0 Å². The number of fused-ring (bicyclic) bond motifs is 16. The highest BCUT2D eigenvalue weighted by Crippen LogP contribution is 2.63. The highest BCUT2D eigenvalue weighted by molar-refractivity contribution is 6.13. The molecule has 0 saturated heterocycles. The molecular weight excluding hydrogens is 841 g/mol. The summed E-state index contributed by atoms with van der Waals surface area (Å²) in [6.45, 7) is 0. The van der Waals surface area contributed by atoms with E-state index in [0.717, 1.165) is 66.5 Å². The minimum absolute atomic E-state index is 0.457. The largest absolute Gasteiger partial charge is 0.455 e. The molecule has 1 spiro atoms. The molecule has 0 aliphatic heterocycles. The van der Waals surface area contributed by atoms with E-state index in [9.17, 15) is 0 Å². The van der Waals surface area contributed by atoms with E-state index < -0.39 is 5.41 Å². The van der Waals surface area contributed by atoms with Crippen LogP contribution < -0.4 is 0 Å². The Bertz CT molecular complexity index is 4210. The lowest BCUT2D eigenvalue weighted by Gasteiger charge is -2.30. The molecule has 0 saturated carbocycles. The average Bonchev–Trinajstić information content (AvgIpc) is 4.14. The lowest BCUT2D eigenvalue weighted by molar-refractivity contribution is 0.670. The molecule has 3 heterocycles. The lowest BCUT2D eigenvalue weighted by atomic mass is 9.70. The molecule has 13 aromatic rings. The molecule has 2 aliphatic carbocycles. The lowest BCUT2D eigenvalue weighted by Crippen LogP contribution is -2.25. The molecule has 0 atom stereocenters. The van der Waals surface area contributed by atoms with Crippen LogP contribution in [0.4, 0.5) is 0 Å². The summed E-state index contributed by atoms with van der Waals surface area (Å²) in [7, 11) is 0. The number of furan rings is 1. The molecular formula is C64H38N4O. The van der Waals surface area contributed by atoms with Crippen LogP contribution in [0.1, 0.15) is 22.3 Å². The van der Waals surface area contributed by atoms with E-state index in [2.05, 4.69) is 211 Å². The molecule has 69 heavy (non-hydrogen) atoms. The van der Waals surface area contributed by atoms with E-state index in [-0.39, 0.29) is 0 Å². The van der Waals surface area contributed by atoms with E-state index in [0.29, 0.717) is 17.5 Å². The Morgan fingerprint density at radius 1 is 0.319 bits per heavy atom. The van der Waals surface area contributed by atoms with Crippen LogP contribution in [0.3, 0.4) is 0 Å². The van der Waals surface area contributed by atoms with Crippen molar-refractivity contribution in [2.75, 3.05) is 0 Å². The van der Waals surface area contributed by atoms with Crippen LogP contribution >= 0.6 is 0 Å². The first-order chi connectivity index (χ1) is 34.2. The van der Waals surface area contributed by atoms with Crippen molar-refractivity contribution in [2.45, 2.75) is 5.41 Å². The van der Waals surface area contributed by atoms with Crippen molar-refractivity contribution in [2.24, 2.45) is 0 Å². The summed E-state index contributed by atoms with van der Waals surface area (Å²) in [4.78, 5) is 15.6. The van der Waals surface area contributed by atoms with Gasteiger partial charge < -0.3 is 8.98 Å². The number of hydrogen-bond acceptors (Lipinski definition) is 4. The molecule has 0 N–H and O–H groups in total. The molecule has 10 aromatic carbocycles. The number of benzene rings is 10. The molecule has 2 aliphatic rings. The van der Waals surface area contributed by atoms with Crippen molar-refractivity contribution in [3.63, 3.8) is 0 Å². The van der Waals surface area contributed by atoms with Gasteiger partial charge in [0.05, 0.1) is 16.4 Å². The van der Waals surface area contributed by atoms with Gasteiger partial charge in [-0.25, -0.2) is 15.0 Å². The highest BCUT2D eigenvalue weighted by Gasteiger charge is 2.51. The molecule has 0 amide bonds. The van der Waals surface area contributed by atoms with Gasteiger partial charge in [-0.05, 0) is 92.5 Å². The van der Waals surface area contributed by atoms with Crippen molar-refractivity contribution < 1.29 is 4.42 Å². The summed E-state index contributed by atoms with van der Waals surface area (Å²) in [6.07, 6.45) is 0. The van der Waals surface area contributed by atoms with Crippen LogP contribution in [0.25, 0.3) is 117 Å². The standard InChI is InChI=1S/C64H38N4O/c1-3-17-39(18-4-1)44-27-16-28-50-49-34-33-42(36-59(49)69-60(44)50)63-66-61(40-19-5-2-6-20-40)65-62(67-63)41-21-15-22-43(35-41)68-57-32-14-10-26-48(57)52-37-51-47-25-9-13-31-55(47)64(56(51)38-58(52)68)53-29-11-7-23-45(53)46-24-8-12-30-54(46)64/h1-38H. The predicted molar refractivity (Wildman–Crippen MR) is 279 cm³/mol. The third kappa shape index (κ3) is 5.38. The monoisotopic (exact) mass is 878 g/mol. The van der Waals surface area contributed by atoms with Crippen LogP contribution in [-0.2, 0) is 5.41 Å². The molecule has 5 nitrogen and oxygen atoms in total. The number of rotatable bonds is 5. The quantitative estimate of drug-likeness (QED) is 0.173. The van der Waals surface area contributed by atoms with Gasteiger partial charge in [-0.1, -0.05) is 188 Å². The first-order valence-corrected chi connectivity index (χ1v) is 23.5. The molecule has 5 heteroatoms. The molecule has 0 radical (unpaired) electrons. The maximum atomic E-state index is 6.69. The summed E-state index contributed by atoms with van der Waals surface area (Å²) < 4.78 is 9.12. The normalized spacial score (nSPS) is 13.0. The summed E-state index contributed by atoms with van der Waals surface area (Å²) in [5.41, 5.74) is 19.8. The number of aromatic nitrogens is 4. The van der Waals surface area contributed by atoms with Gasteiger partial charge in [0.1, 0.15) is 11.2 Å². The van der Waals surface area contributed by atoms with Gasteiger partial charge in [0.15, 0.2) is 17.5 Å². The Balaban J connectivity index is 0.921. The molecule has 3 aromatic heterocycles. The predicted octanol–water partition coefficient (Wildman–Crippen LogP) is 15.9.